The van der Waals surface area contributed by atoms with E-state index in [9.17, 15) is 4.79 Å². The van der Waals surface area contributed by atoms with E-state index in [1.54, 1.807) is 12.0 Å². The number of hydrogen-bond acceptors (Lipinski definition) is 4. The minimum absolute atomic E-state index is 0.0153. The lowest BCUT2D eigenvalue weighted by atomic mass is 9.99. The number of aryl methyl sites for hydroxylation is 1. The first kappa shape index (κ1) is 17.3. The Morgan fingerprint density at radius 2 is 2.25 bits per heavy atom. The standard InChI is InChI=1S/C18H29N3O3/c1-14-6-7-15(24-14)13-21(11-12-23-2)18(22)19-16-8-10-20-9-4-3-5-17(16)20/h6-7,16-17H,3-5,8-13H2,1-2H3,(H,19,22)/t16-,17+/m1/s1. The van der Waals surface area contributed by atoms with Crippen molar-refractivity contribution in [3.63, 3.8) is 0 Å². The van der Waals surface area contributed by atoms with Crippen molar-refractivity contribution in [3.05, 3.63) is 23.7 Å². The van der Waals surface area contributed by atoms with Crippen molar-refractivity contribution in [1.82, 2.24) is 15.1 Å². The normalized spacial score (nSPS) is 23.9. The summed E-state index contributed by atoms with van der Waals surface area (Å²) in [6, 6.07) is 4.62. The Balaban J connectivity index is 1.60. The van der Waals surface area contributed by atoms with Gasteiger partial charge in [0, 0.05) is 32.3 Å². The van der Waals surface area contributed by atoms with Crippen molar-refractivity contribution in [2.45, 2.75) is 51.2 Å². The number of furan rings is 1. The summed E-state index contributed by atoms with van der Waals surface area (Å²) in [6.07, 6.45) is 4.80. The molecule has 3 rings (SSSR count). The maximum absolute atomic E-state index is 12.8. The van der Waals surface area contributed by atoms with Crippen molar-refractivity contribution in [3.8, 4) is 0 Å². The molecule has 0 aromatic carbocycles. The molecule has 2 fully saturated rings. The molecule has 3 heterocycles. The fourth-order valence-electron chi connectivity index (χ4n) is 3.88. The summed E-state index contributed by atoms with van der Waals surface area (Å²) in [5, 5.41) is 3.26. The minimum Gasteiger partial charge on any atom is -0.464 e. The predicted octanol–water partition coefficient (Wildman–Crippen LogP) is 2.37. The van der Waals surface area contributed by atoms with Crippen LogP contribution >= 0.6 is 0 Å². The van der Waals surface area contributed by atoms with Gasteiger partial charge in [-0.25, -0.2) is 4.79 Å². The predicted molar refractivity (Wildman–Crippen MR) is 91.9 cm³/mol. The summed E-state index contributed by atoms with van der Waals surface area (Å²) in [5.74, 6) is 1.68. The molecule has 0 bridgehead atoms. The number of methoxy groups -OCH3 is 1. The largest absolute Gasteiger partial charge is 0.464 e. The number of fused-ring (bicyclic) bond motifs is 1. The average molecular weight is 335 g/mol. The van der Waals surface area contributed by atoms with E-state index in [4.69, 9.17) is 9.15 Å². The first-order chi connectivity index (χ1) is 11.7. The van der Waals surface area contributed by atoms with Gasteiger partial charge < -0.3 is 19.4 Å². The van der Waals surface area contributed by atoms with Crippen molar-refractivity contribution >= 4 is 6.03 Å². The number of nitrogens with one attached hydrogen (secondary N) is 1. The molecule has 0 unspecified atom stereocenters. The van der Waals surface area contributed by atoms with Crippen LogP contribution in [0.15, 0.2) is 16.5 Å². The van der Waals surface area contributed by atoms with Crippen LogP contribution in [0.25, 0.3) is 0 Å². The molecule has 0 radical (unpaired) electrons. The SMILES string of the molecule is COCCN(Cc1ccc(C)o1)C(=O)N[C@@H]1CCN2CCCC[C@@H]12. The molecule has 6 nitrogen and oxygen atoms in total. The number of piperidine rings is 1. The number of hydrogen-bond donors (Lipinski definition) is 1. The molecule has 1 N–H and O–H groups in total. The van der Waals surface area contributed by atoms with Gasteiger partial charge in [-0.15, -0.1) is 0 Å². The zero-order valence-electron chi connectivity index (χ0n) is 14.8. The monoisotopic (exact) mass is 335 g/mol. The topological polar surface area (TPSA) is 58.0 Å². The molecule has 1 aromatic heterocycles. The lowest BCUT2D eigenvalue weighted by Crippen LogP contribution is -2.51. The lowest BCUT2D eigenvalue weighted by molar-refractivity contribution is 0.136. The lowest BCUT2D eigenvalue weighted by Gasteiger charge is -2.33. The Morgan fingerprint density at radius 1 is 1.38 bits per heavy atom. The van der Waals surface area contributed by atoms with Gasteiger partial charge in [0.05, 0.1) is 13.2 Å². The molecule has 0 spiro atoms. The molecule has 2 amide bonds. The van der Waals surface area contributed by atoms with Gasteiger partial charge in [-0.2, -0.15) is 0 Å². The van der Waals surface area contributed by atoms with Crippen molar-refractivity contribution in [1.29, 1.82) is 0 Å². The van der Waals surface area contributed by atoms with Gasteiger partial charge in [0.1, 0.15) is 11.5 Å². The van der Waals surface area contributed by atoms with E-state index in [-0.39, 0.29) is 12.1 Å². The zero-order valence-corrected chi connectivity index (χ0v) is 14.8. The quantitative estimate of drug-likeness (QED) is 0.867. The Kier molecular flexibility index (Phi) is 5.79. The van der Waals surface area contributed by atoms with Gasteiger partial charge in [-0.1, -0.05) is 6.42 Å². The van der Waals surface area contributed by atoms with Gasteiger partial charge in [-0.3, -0.25) is 4.90 Å². The van der Waals surface area contributed by atoms with E-state index in [0.717, 1.165) is 24.5 Å². The first-order valence-corrected chi connectivity index (χ1v) is 9.01. The van der Waals surface area contributed by atoms with E-state index in [1.807, 2.05) is 19.1 Å². The van der Waals surface area contributed by atoms with Crippen LogP contribution in [0.1, 0.15) is 37.2 Å². The van der Waals surface area contributed by atoms with E-state index in [2.05, 4.69) is 10.2 Å². The first-order valence-electron chi connectivity index (χ1n) is 9.01. The van der Waals surface area contributed by atoms with Gasteiger partial charge >= 0.3 is 6.03 Å². The number of carbonyl (C=O) groups excluding carboxylic acids is 1. The smallest absolute Gasteiger partial charge is 0.318 e. The highest BCUT2D eigenvalue weighted by Crippen LogP contribution is 2.27. The molecule has 1 aromatic rings. The van der Waals surface area contributed by atoms with E-state index >= 15 is 0 Å². The fraction of sp³-hybridized carbons (Fsp3) is 0.722. The third kappa shape index (κ3) is 4.11. The summed E-state index contributed by atoms with van der Waals surface area (Å²) < 4.78 is 10.8. The van der Waals surface area contributed by atoms with Crippen LogP contribution in [0, 0.1) is 6.92 Å². The molecular formula is C18H29N3O3. The van der Waals surface area contributed by atoms with Crippen LogP contribution in [0.5, 0.6) is 0 Å². The second kappa shape index (κ2) is 8.03. The van der Waals surface area contributed by atoms with Crippen LogP contribution < -0.4 is 5.32 Å². The molecule has 2 aliphatic rings. The highest BCUT2D eigenvalue weighted by atomic mass is 16.5. The van der Waals surface area contributed by atoms with Crippen LogP contribution in [-0.2, 0) is 11.3 Å². The third-order valence-corrected chi connectivity index (χ3v) is 5.16. The summed E-state index contributed by atoms with van der Waals surface area (Å²) in [7, 11) is 1.66. The number of ether oxygens (including phenoxy) is 1. The van der Waals surface area contributed by atoms with Gasteiger partial charge in [0.25, 0.3) is 0 Å². The highest BCUT2D eigenvalue weighted by Gasteiger charge is 2.36. The zero-order chi connectivity index (χ0) is 16.9. The Labute approximate surface area is 144 Å². The molecule has 6 heteroatoms. The Morgan fingerprint density at radius 3 is 3.00 bits per heavy atom. The van der Waals surface area contributed by atoms with Crippen molar-refractivity contribution in [2.24, 2.45) is 0 Å². The maximum atomic E-state index is 12.8. The van der Waals surface area contributed by atoms with Crippen LogP contribution in [0.4, 0.5) is 4.79 Å². The summed E-state index contributed by atoms with van der Waals surface area (Å²) in [4.78, 5) is 17.1. The number of nitrogens with zero attached hydrogens (tertiary/aromatic N) is 2. The molecule has 0 saturated carbocycles. The number of urea groups is 1. The summed E-state index contributed by atoms with van der Waals surface area (Å²) >= 11 is 0. The van der Waals surface area contributed by atoms with Gasteiger partial charge in [-0.05, 0) is 44.9 Å². The Hall–Kier alpha value is -1.53. The van der Waals surface area contributed by atoms with Gasteiger partial charge in [0.2, 0.25) is 0 Å². The van der Waals surface area contributed by atoms with Crippen LogP contribution in [-0.4, -0.2) is 61.3 Å². The molecule has 2 atom stereocenters. The van der Waals surface area contributed by atoms with E-state index in [0.29, 0.717) is 25.7 Å². The number of rotatable bonds is 6. The maximum Gasteiger partial charge on any atom is 0.318 e. The molecule has 2 aliphatic heterocycles. The van der Waals surface area contributed by atoms with Gasteiger partial charge in [0.15, 0.2) is 0 Å². The second-order valence-corrected chi connectivity index (χ2v) is 6.87. The summed E-state index contributed by atoms with van der Waals surface area (Å²) in [5.41, 5.74) is 0. The van der Waals surface area contributed by atoms with Crippen LogP contribution in [0.2, 0.25) is 0 Å². The van der Waals surface area contributed by atoms with Crippen LogP contribution in [0.3, 0.4) is 0 Å². The second-order valence-electron chi connectivity index (χ2n) is 6.87. The third-order valence-electron chi connectivity index (χ3n) is 5.16. The number of carbonyl (C=O) groups is 1. The summed E-state index contributed by atoms with van der Waals surface area (Å²) in [6.45, 7) is 5.75. The molecule has 2 saturated heterocycles. The minimum atomic E-state index is -0.0153. The molecule has 24 heavy (non-hydrogen) atoms. The Bertz CT molecular complexity index is 545. The number of amides is 2. The van der Waals surface area contributed by atoms with E-state index < -0.39 is 0 Å². The van der Waals surface area contributed by atoms with Crippen molar-refractivity contribution in [2.75, 3.05) is 33.4 Å². The van der Waals surface area contributed by atoms with Crippen molar-refractivity contribution < 1.29 is 13.9 Å². The van der Waals surface area contributed by atoms with E-state index in [1.165, 1.54) is 25.8 Å². The molecule has 134 valence electrons. The molecular weight excluding hydrogens is 306 g/mol. The highest BCUT2D eigenvalue weighted by molar-refractivity contribution is 5.74. The molecule has 0 aliphatic carbocycles. The average Bonchev–Trinajstić information content (AvgIpc) is 3.18. The fourth-order valence-corrected chi connectivity index (χ4v) is 3.88.